The van der Waals surface area contributed by atoms with Crippen LogP contribution in [0.3, 0.4) is 0 Å². The van der Waals surface area contributed by atoms with Crippen LogP contribution < -0.4 is 60.1 Å². The molecule has 0 aliphatic carbocycles. The number of nitrogens with zero attached hydrogens (tertiary/aromatic N) is 1. The topological polar surface area (TPSA) is 134 Å². The minimum atomic E-state index is -1.18. The Hall–Kier alpha value is -2.59. The molecule has 37 heavy (non-hydrogen) atoms. The summed E-state index contributed by atoms with van der Waals surface area (Å²) in [6, 6.07) is 11.4. The van der Waals surface area contributed by atoms with Gasteiger partial charge in [-0.15, -0.1) is 0 Å². The predicted octanol–water partition coefficient (Wildman–Crippen LogP) is -1.40. The molecule has 1 unspecified atom stereocenters. The minimum absolute atomic E-state index is 0. The monoisotopic (exact) mass is 519 g/mol. The Labute approximate surface area is 240 Å². The first kappa shape index (κ1) is 30.6. The van der Waals surface area contributed by atoms with Gasteiger partial charge < -0.3 is 35.3 Å². The number of primary amides is 1. The fraction of sp³-hybridized carbons (Fsp3) is 0.444. The van der Waals surface area contributed by atoms with E-state index >= 15 is 0 Å². The number of carbonyl (C=O) groups excluding carboxylic acids is 3. The number of anilines is 1. The summed E-state index contributed by atoms with van der Waals surface area (Å²) in [7, 11) is 0. The summed E-state index contributed by atoms with van der Waals surface area (Å²) < 4.78 is 11.4. The van der Waals surface area contributed by atoms with Gasteiger partial charge in [0, 0.05) is 31.5 Å². The molecule has 2 amide bonds. The Kier molecular flexibility index (Phi) is 12.4. The van der Waals surface area contributed by atoms with Crippen LogP contribution in [-0.2, 0) is 22.4 Å². The van der Waals surface area contributed by atoms with E-state index in [-0.39, 0.29) is 60.8 Å². The summed E-state index contributed by atoms with van der Waals surface area (Å²) in [6.45, 7) is 6.09. The quantitative estimate of drug-likeness (QED) is 0.232. The Balaban J connectivity index is 0.00000481. The average molecular weight is 520 g/mol. The Morgan fingerprint density at radius 3 is 2.49 bits per heavy atom. The molecule has 0 spiro atoms. The maximum atomic E-state index is 12.7. The van der Waals surface area contributed by atoms with E-state index in [0.717, 1.165) is 16.9 Å². The molecule has 1 aliphatic heterocycles. The van der Waals surface area contributed by atoms with Crippen LogP contribution in [0.5, 0.6) is 11.5 Å². The largest absolute Gasteiger partial charge is 1.00 e. The molecule has 3 N–H and O–H groups in total. The number of aliphatic carboxylic acids is 1. The number of ether oxygens (including phenoxy) is 2. The van der Waals surface area contributed by atoms with Gasteiger partial charge in [-0.05, 0) is 68.9 Å². The zero-order chi connectivity index (χ0) is 26.1. The van der Waals surface area contributed by atoms with Crippen molar-refractivity contribution in [3.63, 3.8) is 0 Å². The second kappa shape index (κ2) is 15.0. The van der Waals surface area contributed by atoms with Gasteiger partial charge in [0.05, 0.1) is 17.9 Å². The van der Waals surface area contributed by atoms with Gasteiger partial charge in [0.15, 0.2) is 11.5 Å². The van der Waals surface area contributed by atoms with Crippen LogP contribution in [0.4, 0.5) is 5.69 Å². The van der Waals surface area contributed by atoms with Crippen LogP contribution in [-0.4, -0.2) is 50.1 Å². The first-order chi connectivity index (χ1) is 17.3. The second-order valence-corrected chi connectivity index (χ2v) is 8.82. The first-order valence-electron chi connectivity index (χ1n) is 12.3. The van der Waals surface area contributed by atoms with E-state index < -0.39 is 11.9 Å². The molecule has 0 radical (unpaired) electrons. The van der Waals surface area contributed by atoms with Crippen LogP contribution in [0, 0.1) is 0 Å². The molecule has 3 rings (SSSR count). The van der Waals surface area contributed by atoms with Crippen LogP contribution in [0.25, 0.3) is 0 Å². The maximum absolute atomic E-state index is 12.7. The van der Waals surface area contributed by atoms with Crippen molar-refractivity contribution in [1.82, 2.24) is 5.32 Å². The van der Waals surface area contributed by atoms with Gasteiger partial charge in [0.25, 0.3) is 5.91 Å². The number of benzene rings is 2. The van der Waals surface area contributed by atoms with Crippen molar-refractivity contribution in [2.45, 2.75) is 52.0 Å². The molecule has 10 heteroatoms. The number of carboxylic acids is 1. The van der Waals surface area contributed by atoms with Gasteiger partial charge in [-0.25, -0.2) is 0 Å². The number of amides is 2. The van der Waals surface area contributed by atoms with Crippen LogP contribution >= 0.6 is 0 Å². The number of para-hydroxylation sites is 2. The van der Waals surface area contributed by atoms with Crippen molar-refractivity contribution in [2.75, 3.05) is 31.2 Å². The molecule has 194 valence electrons. The third-order valence-corrected chi connectivity index (χ3v) is 6.00. The summed E-state index contributed by atoms with van der Waals surface area (Å²) in [5.41, 5.74) is 8.39. The summed E-state index contributed by atoms with van der Waals surface area (Å²) in [5.74, 6) is -0.568. The summed E-state index contributed by atoms with van der Waals surface area (Å²) in [6.07, 6.45) is 1.38. The van der Waals surface area contributed by atoms with E-state index in [9.17, 15) is 19.5 Å². The molecule has 0 aromatic heterocycles. The number of hydrogen-bond acceptors (Lipinski definition) is 7. The normalized spacial score (nSPS) is 12.9. The van der Waals surface area contributed by atoms with Crippen molar-refractivity contribution in [1.29, 1.82) is 0 Å². The van der Waals surface area contributed by atoms with Gasteiger partial charge in [-0.3, -0.25) is 9.59 Å². The number of carbonyl (C=O) groups is 3. The average Bonchev–Trinajstić information content (AvgIpc) is 3.26. The molecule has 2 aromatic carbocycles. The van der Waals surface area contributed by atoms with Crippen molar-refractivity contribution in [2.24, 2.45) is 5.73 Å². The number of nitrogens with two attached hydrogens (primary N) is 1. The van der Waals surface area contributed by atoms with Gasteiger partial charge in [-0.2, -0.15) is 0 Å². The van der Waals surface area contributed by atoms with Crippen LogP contribution in [0.15, 0.2) is 36.4 Å². The zero-order valence-electron chi connectivity index (χ0n) is 21.9. The van der Waals surface area contributed by atoms with Crippen LogP contribution in [0.1, 0.15) is 54.6 Å². The number of hydrogen-bond donors (Lipinski definition) is 2. The Morgan fingerprint density at radius 1 is 1.14 bits per heavy atom. The van der Waals surface area contributed by atoms with Gasteiger partial charge >= 0.3 is 29.6 Å². The zero-order valence-corrected chi connectivity index (χ0v) is 23.9. The second-order valence-electron chi connectivity index (χ2n) is 8.82. The number of rotatable bonds is 14. The Morgan fingerprint density at radius 2 is 1.84 bits per heavy atom. The van der Waals surface area contributed by atoms with Crippen molar-refractivity contribution in [3.05, 3.63) is 53.1 Å². The van der Waals surface area contributed by atoms with E-state index in [0.29, 0.717) is 56.1 Å². The van der Waals surface area contributed by atoms with Gasteiger partial charge in [0.1, 0.15) is 6.61 Å². The van der Waals surface area contributed by atoms with E-state index in [1.807, 2.05) is 37.3 Å². The molecule has 9 nitrogen and oxygen atoms in total. The molecule has 0 saturated heterocycles. The summed E-state index contributed by atoms with van der Waals surface area (Å²) >= 11 is 0. The van der Waals surface area contributed by atoms with Crippen LogP contribution in [0.2, 0.25) is 0 Å². The molecule has 0 bridgehead atoms. The molecule has 1 aliphatic rings. The van der Waals surface area contributed by atoms with Gasteiger partial charge in [-0.1, -0.05) is 18.2 Å². The third-order valence-electron chi connectivity index (χ3n) is 6.00. The molecular weight excluding hydrogens is 485 g/mol. The predicted molar refractivity (Wildman–Crippen MR) is 134 cm³/mol. The standard InChI is InChI=1S/C27H35N3O6.Na/c1-3-35-22-7-4-5-8-23(22)36-14-12-29-18(2)15-19-16-20-11-13-30(24(31)9-6-10-25(32)33)26(20)21(17-19)27(28)34;/h4-5,7-8,16-18,29H,3,6,9-15H2,1-2H3,(H2,28,34)(H,32,33);/q;+1/p-1. The molecule has 1 heterocycles. The number of nitrogens with one attached hydrogen (secondary N) is 1. The third kappa shape index (κ3) is 8.74. The van der Waals surface area contributed by atoms with E-state index in [4.69, 9.17) is 15.2 Å². The van der Waals surface area contributed by atoms with Gasteiger partial charge in [0.2, 0.25) is 5.91 Å². The van der Waals surface area contributed by atoms with Crippen molar-refractivity contribution >= 4 is 23.5 Å². The number of carboxylic acid groups (broad SMARTS) is 1. The maximum Gasteiger partial charge on any atom is 1.00 e. The summed E-state index contributed by atoms with van der Waals surface area (Å²) in [5, 5.41) is 14.1. The smallest absolute Gasteiger partial charge is 0.550 e. The molecule has 0 fully saturated rings. The number of fused-ring (bicyclic) bond motifs is 1. The molecule has 2 aromatic rings. The van der Waals surface area contributed by atoms with Crippen molar-refractivity contribution in [3.8, 4) is 11.5 Å². The molecular formula is C27H34N3NaO6. The van der Waals surface area contributed by atoms with E-state index in [2.05, 4.69) is 12.2 Å². The summed E-state index contributed by atoms with van der Waals surface area (Å²) in [4.78, 5) is 37.1. The van der Waals surface area contributed by atoms with Crippen molar-refractivity contribution < 1.29 is 58.5 Å². The first-order valence-corrected chi connectivity index (χ1v) is 12.3. The fourth-order valence-corrected chi connectivity index (χ4v) is 4.42. The molecule has 1 atom stereocenters. The van der Waals surface area contributed by atoms with E-state index in [1.165, 1.54) is 0 Å². The minimum Gasteiger partial charge on any atom is -0.550 e. The SMILES string of the molecule is CCOc1ccccc1OCCNC(C)Cc1cc2c(c(C(N)=O)c1)N(C(=O)CCCC(=O)[O-])CC2.[Na+]. The van der Waals surface area contributed by atoms with E-state index in [1.54, 1.807) is 11.0 Å². The Bertz CT molecular complexity index is 1090. The molecule has 0 saturated carbocycles. The fourth-order valence-electron chi connectivity index (χ4n) is 4.42.